The number of Topliss-reactive ketones (excluding diaryl/α,β-unsaturated/α-hetero) is 1. The highest BCUT2D eigenvalue weighted by atomic mass is 35.5. The summed E-state index contributed by atoms with van der Waals surface area (Å²) in [6, 6.07) is 2.23. The molecule has 210 valence electrons. The standard InChI is InChI=1S/C26H31ClFN5O5S/c1-14(37-3)21(25(36)33-11-17(27)23-22(33)20(34)12-38-23)30-24(35)15-4-5-16(18(28)10-15)19-13-39-26(29-19)32-8-6-31(2)7-9-32/h4-5,10,13-14,17,21-23H,6-9,11-12H2,1-3H3,(H,30,35). The van der Waals surface area contributed by atoms with Gasteiger partial charge in [-0.1, -0.05) is 0 Å². The highest BCUT2D eigenvalue weighted by Crippen LogP contribution is 2.32. The average molecular weight is 580 g/mol. The molecule has 1 aromatic heterocycles. The zero-order valence-electron chi connectivity index (χ0n) is 21.9. The second-order valence-corrected chi connectivity index (χ2v) is 11.5. The Morgan fingerprint density at radius 1 is 1.28 bits per heavy atom. The van der Waals surface area contributed by atoms with Crippen LogP contribution in [0.15, 0.2) is 23.6 Å². The molecular weight excluding hydrogens is 549 g/mol. The minimum absolute atomic E-state index is 0.0432. The Balaban J connectivity index is 1.30. The van der Waals surface area contributed by atoms with E-state index in [9.17, 15) is 14.4 Å². The number of ether oxygens (including phenoxy) is 2. The Morgan fingerprint density at radius 3 is 2.72 bits per heavy atom. The SMILES string of the molecule is COC(C)C(NC(=O)c1ccc(-c2csc(N3CCN(C)CC3)n2)c(F)c1)C(=O)N1CC(Cl)C2OCC(=O)C21. The van der Waals surface area contributed by atoms with Crippen LogP contribution in [-0.2, 0) is 19.1 Å². The first-order chi connectivity index (χ1) is 18.7. The van der Waals surface area contributed by atoms with Crippen molar-refractivity contribution in [1.29, 1.82) is 0 Å². The molecule has 0 spiro atoms. The lowest BCUT2D eigenvalue weighted by Gasteiger charge is -2.32. The number of aromatic nitrogens is 1. The number of amides is 2. The lowest BCUT2D eigenvalue weighted by Crippen LogP contribution is -2.56. The second-order valence-electron chi connectivity index (χ2n) is 10.1. The number of ketones is 1. The number of hydrogen-bond acceptors (Lipinski definition) is 9. The molecule has 5 rings (SSSR count). The Morgan fingerprint density at radius 2 is 2.03 bits per heavy atom. The number of hydrogen-bond donors (Lipinski definition) is 1. The fourth-order valence-electron chi connectivity index (χ4n) is 5.14. The number of halogens is 2. The molecule has 3 fully saturated rings. The predicted molar refractivity (Wildman–Crippen MR) is 145 cm³/mol. The van der Waals surface area contributed by atoms with Gasteiger partial charge in [-0.15, -0.1) is 22.9 Å². The number of anilines is 1. The predicted octanol–water partition coefficient (Wildman–Crippen LogP) is 1.62. The van der Waals surface area contributed by atoms with E-state index in [4.69, 9.17) is 21.1 Å². The van der Waals surface area contributed by atoms with Crippen molar-refractivity contribution in [3.05, 3.63) is 35.0 Å². The number of piperazine rings is 1. The first-order valence-electron chi connectivity index (χ1n) is 12.8. The number of alkyl halides is 1. The third kappa shape index (κ3) is 5.53. The maximum atomic E-state index is 15.2. The van der Waals surface area contributed by atoms with Crippen molar-refractivity contribution in [3.63, 3.8) is 0 Å². The molecule has 39 heavy (non-hydrogen) atoms. The normalized spacial score (nSPS) is 25.1. The number of methoxy groups -OCH3 is 1. The van der Waals surface area contributed by atoms with Crippen molar-refractivity contribution in [3.8, 4) is 11.3 Å². The van der Waals surface area contributed by atoms with Crippen LogP contribution in [0, 0.1) is 5.82 Å². The molecule has 0 saturated carbocycles. The van der Waals surface area contributed by atoms with E-state index in [0.717, 1.165) is 37.4 Å². The summed E-state index contributed by atoms with van der Waals surface area (Å²) in [5.41, 5.74) is 0.834. The van der Waals surface area contributed by atoms with Gasteiger partial charge in [-0.05, 0) is 32.2 Å². The Hall–Kier alpha value is -2.64. The van der Waals surface area contributed by atoms with E-state index < -0.39 is 47.3 Å². The molecule has 13 heteroatoms. The van der Waals surface area contributed by atoms with Crippen LogP contribution in [0.1, 0.15) is 17.3 Å². The number of nitrogens with zero attached hydrogens (tertiary/aromatic N) is 4. The number of thiazole rings is 1. The minimum atomic E-state index is -1.12. The van der Waals surface area contributed by atoms with Crippen LogP contribution in [0.5, 0.6) is 0 Å². The second kappa shape index (κ2) is 11.5. The van der Waals surface area contributed by atoms with Gasteiger partial charge in [-0.25, -0.2) is 9.37 Å². The number of benzene rings is 1. The van der Waals surface area contributed by atoms with Gasteiger partial charge >= 0.3 is 0 Å². The molecule has 0 aliphatic carbocycles. The first kappa shape index (κ1) is 27.9. The molecule has 5 unspecified atom stereocenters. The van der Waals surface area contributed by atoms with E-state index >= 15 is 4.39 Å². The maximum Gasteiger partial charge on any atom is 0.252 e. The van der Waals surface area contributed by atoms with Crippen molar-refractivity contribution in [2.45, 2.75) is 36.6 Å². The van der Waals surface area contributed by atoms with Crippen molar-refractivity contribution < 1.29 is 28.2 Å². The third-order valence-corrected chi connectivity index (χ3v) is 8.86. The molecule has 1 aromatic carbocycles. The molecule has 10 nitrogen and oxygen atoms in total. The summed E-state index contributed by atoms with van der Waals surface area (Å²) in [7, 11) is 3.49. The molecular formula is C26H31ClFN5O5S. The fourth-order valence-corrected chi connectivity index (χ4v) is 6.38. The van der Waals surface area contributed by atoms with E-state index in [-0.39, 0.29) is 30.1 Å². The number of rotatable bonds is 7. The number of likely N-dealkylation sites (N-methyl/N-ethyl adjacent to an activating group) is 1. The molecule has 2 amide bonds. The summed E-state index contributed by atoms with van der Waals surface area (Å²) in [6.45, 7) is 5.22. The van der Waals surface area contributed by atoms with Gasteiger partial charge in [0.05, 0.1) is 17.2 Å². The van der Waals surface area contributed by atoms with Crippen LogP contribution in [0.25, 0.3) is 11.3 Å². The van der Waals surface area contributed by atoms with Crippen LogP contribution >= 0.6 is 22.9 Å². The fraction of sp³-hybridized carbons (Fsp3) is 0.538. The number of carbonyl (C=O) groups is 3. The highest BCUT2D eigenvalue weighted by molar-refractivity contribution is 7.14. The minimum Gasteiger partial charge on any atom is -0.379 e. The summed E-state index contributed by atoms with van der Waals surface area (Å²) in [4.78, 5) is 49.4. The largest absolute Gasteiger partial charge is 0.379 e. The van der Waals surface area contributed by atoms with Gasteiger partial charge in [-0.3, -0.25) is 14.4 Å². The van der Waals surface area contributed by atoms with Gasteiger partial charge in [0.1, 0.15) is 30.6 Å². The quantitative estimate of drug-likeness (QED) is 0.494. The molecule has 3 saturated heterocycles. The van der Waals surface area contributed by atoms with Crippen molar-refractivity contribution >= 4 is 45.7 Å². The number of fused-ring (bicyclic) bond motifs is 1. The Labute approximate surface area is 235 Å². The van der Waals surface area contributed by atoms with Crippen molar-refractivity contribution in [2.75, 3.05) is 58.4 Å². The van der Waals surface area contributed by atoms with Crippen LogP contribution in [0.2, 0.25) is 0 Å². The number of carbonyl (C=O) groups excluding carboxylic acids is 3. The van der Waals surface area contributed by atoms with Gasteiger partial charge in [-0.2, -0.15) is 0 Å². The highest BCUT2D eigenvalue weighted by Gasteiger charge is 2.53. The van der Waals surface area contributed by atoms with E-state index in [1.54, 1.807) is 6.92 Å². The van der Waals surface area contributed by atoms with Gasteiger partial charge in [0.15, 0.2) is 10.9 Å². The molecule has 0 radical (unpaired) electrons. The van der Waals surface area contributed by atoms with Gasteiger partial charge in [0, 0.05) is 56.3 Å². The Bertz CT molecular complexity index is 1260. The van der Waals surface area contributed by atoms with Crippen LogP contribution in [0.3, 0.4) is 0 Å². The number of nitrogens with one attached hydrogen (secondary N) is 1. The summed E-state index contributed by atoms with van der Waals surface area (Å²) in [5.74, 6) is -1.99. The molecule has 4 heterocycles. The first-order valence-corrected chi connectivity index (χ1v) is 14.1. The average Bonchev–Trinajstić information content (AvgIpc) is 3.64. The van der Waals surface area contributed by atoms with E-state index in [1.165, 1.54) is 35.5 Å². The van der Waals surface area contributed by atoms with Gasteiger partial charge in [0.25, 0.3) is 5.91 Å². The molecule has 1 N–H and O–H groups in total. The third-order valence-electron chi connectivity index (χ3n) is 7.57. The lowest BCUT2D eigenvalue weighted by molar-refractivity contribution is -0.140. The van der Waals surface area contributed by atoms with Crippen LogP contribution in [0.4, 0.5) is 9.52 Å². The molecule has 2 aromatic rings. The lowest BCUT2D eigenvalue weighted by atomic mass is 10.1. The topological polar surface area (TPSA) is 104 Å². The summed E-state index contributed by atoms with van der Waals surface area (Å²) in [5, 5.41) is 4.77. The Kier molecular flexibility index (Phi) is 8.20. The zero-order chi connectivity index (χ0) is 27.8. The smallest absolute Gasteiger partial charge is 0.252 e. The molecule has 3 aliphatic heterocycles. The summed E-state index contributed by atoms with van der Waals surface area (Å²) < 4.78 is 26.0. The monoisotopic (exact) mass is 579 g/mol. The van der Waals surface area contributed by atoms with Gasteiger partial charge < -0.3 is 29.5 Å². The summed E-state index contributed by atoms with van der Waals surface area (Å²) >= 11 is 7.79. The van der Waals surface area contributed by atoms with Crippen molar-refractivity contribution in [2.24, 2.45) is 0 Å². The van der Waals surface area contributed by atoms with E-state index in [0.29, 0.717) is 5.69 Å². The molecule has 0 bridgehead atoms. The van der Waals surface area contributed by atoms with E-state index in [1.807, 2.05) is 5.38 Å². The maximum absolute atomic E-state index is 15.2. The van der Waals surface area contributed by atoms with Crippen LogP contribution < -0.4 is 10.2 Å². The zero-order valence-corrected chi connectivity index (χ0v) is 23.5. The summed E-state index contributed by atoms with van der Waals surface area (Å²) in [6.07, 6.45) is -1.31. The van der Waals surface area contributed by atoms with Crippen molar-refractivity contribution in [1.82, 2.24) is 20.1 Å². The molecule has 3 aliphatic rings. The number of likely N-dealkylation sites (tertiary alicyclic amines) is 1. The molecule has 5 atom stereocenters. The van der Waals surface area contributed by atoms with Crippen LogP contribution in [-0.4, -0.2) is 116 Å². The van der Waals surface area contributed by atoms with Gasteiger partial charge in [0.2, 0.25) is 5.91 Å². The van der Waals surface area contributed by atoms with E-state index in [2.05, 4.69) is 27.1 Å².